The molecule has 1 aromatic rings. The lowest BCUT2D eigenvalue weighted by molar-refractivity contribution is -0.889. The molecule has 0 amide bonds. The summed E-state index contributed by atoms with van der Waals surface area (Å²) in [7, 11) is 4.48. The Hall–Kier alpha value is -0.860. The Bertz CT molecular complexity index is 598. The number of halogens is 1. The molecule has 24 heavy (non-hydrogen) atoms. The maximum Gasteiger partial charge on any atom is 0.216 e. The van der Waals surface area contributed by atoms with Crippen molar-refractivity contribution in [2.24, 2.45) is 23.2 Å². The maximum atomic E-state index is 12.7. The molecule has 0 heterocycles. The zero-order chi connectivity index (χ0) is 16.9. The molecule has 4 aliphatic rings. The topological polar surface area (TPSA) is 17.1 Å². The van der Waals surface area contributed by atoms with E-state index in [4.69, 9.17) is 11.6 Å². The molecule has 4 aliphatic carbocycles. The van der Waals surface area contributed by atoms with Crippen LogP contribution >= 0.6 is 11.6 Å². The smallest absolute Gasteiger partial charge is 0.216 e. The van der Waals surface area contributed by atoms with E-state index in [0.717, 1.165) is 34.3 Å². The summed E-state index contributed by atoms with van der Waals surface area (Å²) in [6.45, 7) is 1.75. The van der Waals surface area contributed by atoms with Crippen LogP contribution in [0.1, 0.15) is 48.9 Å². The maximum absolute atomic E-state index is 12.7. The first-order valence-electron chi connectivity index (χ1n) is 9.43. The molecule has 3 heteroatoms. The molecular formula is C21H29ClNO+. The van der Waals surface area contributed by atoms with Crippen LogP contribution in [0.4, 0.5) is 0 Å². The van der Waals surface area contributed by atoms with Gasteiger partial charge in [0, 0.05) is 16.0 Å². The van der Waals surface area contributed by atoms with Crippen molar-refractivity contribution in [3.8, 4) is 0 Å². The van der Waals surface area contributed by atoms with Crippen LogP contribution < -0.4 is 0 Å². The quantitative estimate of drug-likeness (QED) is 0.552. The van der Waals surface area contributed by atoms with E-state index in [1.807, 2.05) is 24.3 Å². The highest BCUT2D eigenvalue weighted by molar-refractivity contribution is 6.30. The molecule has 1 aromatic carbocycles. The van der Waals surface area contributed by atoms with Crippen molar-refractivity contribution in [2.75, 3.05) is 27.2 Å². The van der Waals surface area contributed by atoms with E-state index >= 15 is 0 Å². The van der Waals surface area contributed by atoms with E-state index in [1.165, 1.54) is 38.5 Å². The third-order valence-electron chi connectivity index (χ3n) is 6.67. The van der Waals surface area contributed by atoms with Crippen LogP contribution in [0.25, 0.3) is 0 Å². The molecule has 0 aliphatic heterocycles. The van der Waals surface area contributed by atoms with Crippen molar-refractivity contribution in [1.29, 1.82) is 0 Å². The number of nitrogens with zero attached hydrogens (tertiary/aromatic N) is 1. The monoisotopic (exact) mass is 346 g/mol. The largest absolute Gasteiger partial charge is 0.322 e. The zero-order valence-electron chi connectivity index (χ0n) is 14.9. The molecule has 130 valence electrons. The fourth-order valence-corrected chi connectivity index (χ4v) is 6.69. The zero-order valence-corrected chi connectivity index (χ0v) is 15.7. The van der Waals surface area contributed by atoms with Gasteiger partial charge >= 0.3 is 0 Å². The van der Waals surface area contributed by atoms with Gasteiger partial charge in [0.2, 0.25) is 5.78 Å². The molecule has 0 saturated heterocycles. The molecule has 4 saturated carbocycles. The van der Waals surface area contributed by atoms with Gasteiger partial charge in [-0.1, -0.05) is 11.6 Å². The van der Waals surface area contributed by atoms with Crippen molar-refractivity contribution in [3.05, 3.63) is 34.9 Å². The second kappa shape index (κ2) is 5.85. The van der Waals surface area contributed by atoms with Gasteiger partial charge in [-0.3, -0.25) is 4.79 Å². The van der Waals surface area contributed by atoms with Gasteiger partial charge in [0.25, 0.3) is 0 Å². The minimum atomic E-state index is 0.237. The fourth-order valence-electron chi connectivity index (χ4n) is 6.56. The molecule has 0 unspecified atom stereocenters. The van der Waals surface area contributed by atoms with Gasteiger partial charge in [0.1, 0.15) is 6.54 Å². The Kier molecular flexibility index (Phi) is 4.04. The van der Waals surface area contributed by atoms with Crippen molar-refractivity contribution in [2.45, 2.75) is 38.5 Å². The summed E-state index contributed by atoms with van der Waals surface area (Å²) >= 11 is 5.94. The number of quaternary nitrogens is 1. The van der Waals surface area contributed by atoms with Gasteiger partial charge in [-0.05, 0) is 80.5 Å². The van der Waals surface area contributed by atoms with E-state index in [2.05, 4.69) is 14.1 Å². The van der Waals surface area contributed by atoms with Crippen molar-refractivity contribution in [1.82, 2.24) is 0 Å². The Morgan fingerprint density at radius 3 is 2.04 bits per heavy atom. The Balaban J connectivity index is 1.45. The molecular weight excluding hydrogens is 318 g/mol. The number of ketones is 1. The van der Waals surface area contributed by atoms with Gasteiger partial charge in [-0.25, -0.2) is 0 Å². The number of carbonyl (C=O) groups is 1. The lowest BCUT2D eigenvalue weighted by atomic mass is 9.49. The second-order valence-electron chi connectivity index (χ2n) is 9.60. The average molecular weight is 347 g/mol. The summed E-state index contributed by atoms with van der Waals surface area (Å²) in [6.07, 6.45) is 8.69. The van der Waals surface area contributed by atoms with Gasteiger partial charge in [0.05, 0.1) is 20.6 Å². The van der Waals surface area contributed by atoms with Gasteiger partial charge < -0.3 is 4.48 Å². The number of benzene rings is 1. The van der Waals surface area contributed by atoms with E-state index in [1.54, 1.807) is 0 Å². The molecule has 0 radical (unpaired) electrons. The summed E-state index contributed by atoms with van der Waals surface area (Å²) in [5, 5.41) is 0.689. The Morgan fingerprint density at radius 2 is 1.54 bits per heavy atom. The first-order valence-corrected chi connectivity index (χ1v) is 9.81. The van der Waals surface area contributed by atoms with Crippen molar-refractivity contribution in [3.63, 3.8) is 0 Å². The summed E-state index contributed by atoms with van der Waals surface area (Å²) in [4.78, 5) is 12.7. The van der Waals surface area contributed by atoms with E-state index in [9.17, 15) is 4.79 Å². The Morgan fingerprint density at radius 1 is 1.04 bits per heavy atom. The van der Waals surface area contributed by atoms with Crippen LogP contribution in [0.15, 0.2) is 24.3 Å². The first kappa shape index (κ1) is 16.6. The average Bonchev–Trinajstić information content (AvgIpc) is 2.44. The second-order valence-corrected chi connectivity index (χ2v) is 10.0. The van der Waals surface area contributed by atoms with E-state index in [-0.39, 0.29) is 5.78 Å². The summed E-state index contributed by atoms with van der Waals surface area (Å²) < 4.78 is 0.813. The van der Waals surface area contributed by atoms with Crippen LogP contribution in [0.3, 0.4) is 0 Å². The number of carbonyl (C=O) groups excluding carboxylic acids is 1. The minimum absolute atomic E-state index is 0.237. The highest BCUT2D eigenvalue weighted by atomic mass is 35.5. The third-order valence-corrected chi connectivity index (χ3v) is 6.92. The molecule has 0 spiro atoms. The number of hydrogen-bond donors (Lipinski definition) is 0. The number of Topliss-reactive ketones (excluding diaryl/α,β-unsaturated/α-hetero) is 1. The Labute approximate surface area is 150 Å². The molecule has 0 N–H and O–H groups in total. The molecule has 2 nitrogen and oxygen atoms in total. The van der Waals surface area contributed by atoms with Gasteiger partial charge in [-0.2, -0.15) is 0 Å². The van der Waals surface area contributed by atoms with Crippen LogP contribution in [-0.2, 0) is 0 Å². The predicted molar refractivity (Wildman–Crippen MR) is 98.2 cm³/mol. The van der Waals surface area contributed by atoms with Crippen LogP contribution in [-0.4, -0.2) is 37.5 Å². The molecule has 4 fully saturated rings. The number of hydrogen-bond acceptors (Lipinski definition) is 1. The van der Waals surface area contributed by atoms with E-state index < -0.39 is 0 Å². The van der Waals surface area contributed by atoms with E-state index in [0.29, 0.717) is 17.0 Å². The van der Waals surface area contributed by atoms with Crippen LogP contribution in [0, 0.1) is 23.2 Å². The number of likely N-dealkylation sites (N-methyl/N-ethyl adjacent to an activating group) is 1. The third kappa shape index (κ3) is 3.28. The normalized spacial score (nSPS) is 34.5. The SMILES string of the molecule is C[N+](C)(CC(=O)c1ccc(Cl)cc1)CC12CC3CC(CC(C3)C1)C2. The molecule has 4 bridgehead atoms. The van der Waals surface area contributed by atoms with Crippen molar-refractivity contribution >= 4 is 17.4 Å². The fraction of sp³-hybridized carbons (Fsp3) is 0.667. The van der Waals surface area contributed by atoms with Gasteiger partial charge in [0.15, 0.2) is 0 Å². The van der Waals surface area contributed by atoms with Crippen LogP contribution in [0.5, 0.6) is 0 Å². The summed E-state index contributed by atoms with van der Waals surface area (Å²) in [5.74, 6) is 3.16. The predicted octanol–water partition coefficient (Wildman–Crippen LogP) is 4.82. The number of rotatable bonds is 5. The highest BCUT2D eigenvalue weighted by Crippen LogP contribution is 2.60. The highest BCUT2D eigenvalue weighted by Gasteiger charge is 2.53. The lowest BCUT2D eigenvalue weighted by Crippen LogP contribution is -2.56. The van der Waals surface area contributed by atoms with Crippen molar-refractivity contribution < 1.29 is 9.28 Å². The lowest BCUT2D eigenvalue weighted by Gasteiger charge is -2.58. The molecule has 0 aromatic heterocycles. The molecule has 5 rings (SSSR count). The minimum Gasteiger partial charge on any atom is -0.322 e. The summed E-state index contributed by atoms with van der Waals surface area (Å²) in [5.41, 5.74) is 1.30. The summed E-state index contributed by atoms with van der Waals surface area (Å²) in [6, 6.07) is 7.34. The first-order chi connectivity index (χ1) is 11.3. The van der Waals surface area contributed by atoms with Gasteiger partial charge in [-0.15, -0.1) is 0 Å². The molecule has 0 atom stereocenters. The standard InChI is InChI=1S/C21H29ClNO/c1-23(2,13-20(24)18-3-5-19(22)6-4-18)14-21-10-15-7-16(11-21)9-17(8-15)12-21/h3-6,15-17H,7-14H2,1-2H3/q+1. The van der Waals surface area contributed by atoms with Crippen LogP contribution in [0.2, 0.25) is 5.02 Å².